The largest absolute Gasteiger partial charge is 0.417 e. The predicted octanol–water partition coefficient (Wildman–Crippen LogP) is 4.37. The number of carbonyl (C=O) groups excluding carboxylic acids is 1. The monoisotopic (exact) mass is 510 g/mol. The fourth-order valence-electron chi connectivity index (χ4n) is 4.06. The quantitative estimate of drug-likeness (QED) is 0.380. The number of carbonyl (C=O) groups is 1. The first kappa shape index (κ1) is 27.0. The van der Waals surface area contributed by atoms with E-state index < -0.39 is 54.2 Å². The molecule has 2 aromatic heterocycles. The number of halogens is 5. The van der Waals surface area contributed by atoms with E-state index in [9.17, 15) is 26.7 Å². The molecule has 1 fully saturated rings. The van der Waals surface area contributed by atoms with Gasteiger partial charge in [-0.05, 0) is 36.6 Å². The van der Waals surface area contributed by atoms with Crippen LogP contribution in [0.15, 0.2) is 42.9 Å². The van der Waals surface area contributed by atoms with Crippen LogP contribution >= 0.6 is 0 Å². The molecule has 12 heteroatoms. The third-order valence-electron chi connectivity index (χ3n) is 5.88. The number of pyridine rings is 2. The van der Waals surface area contributed by atoms with Crippen molar-refractivity contribution in [3.8, 4) is 0 Å². The van der Waals surface area contributed by atoms with Gasteiger partial charge in [0.2, 0.25) is 0 Å². The molecule has 1 aliphatic heterocycles. The van der Waals surface area contributed by atoms with Crippen molar-refractivity contribution in [1.29, 1.82) is 5.41 Å². The first-order valence-electron chi connectivity index (χ1n) is 11.2. The van der Waals surface area contributed by atoms with Crippen LogP contribution in [0.25, 0.3) is 5.57 Å². The Bertz CT molecular complexity index is 1120. The minimum absolute atomic E-state index is 0.0392. The molecular weight excluding hydrogens is 483 g/mol. The number of rotatable bonds is 7. The van der Waals surface area contributed by atoms with Crippen molar-refractivity contribution >= 4 is 23.0 Å². The Labute approximate surface area is 205 Å². The third-order valence-corrected chi connectivity index (χ3v) is 5.88. The van der Waals surface area contributed by atoms with E-state index in [1.807, 2.05) is 6.92 Å². The van der Waals surface area contributed by atoms with E-state index in [0.717, 1.165) is 22.6 Å². The summed E-state index contributed by atoms with van der Waals surface area (Å²) in [4.78, 5) is 22.3. The van der Waals surface area contributed by atoms with Crippen LogP contribution in [0.4, 0.5) is 27.8 Å². The molecule has 0 bridgehead atoms. The smallest absolute Gasteiger partial charge is 0.393 e. The Morgan fingerprint density at radius 3 is 2.50 bits per heavy atom. The van der Waals surface area contributed by atoms with Gasteiger partial charge in [-0.15, -0.1) is 0 Å². The van der Waals surface area contributed by atoms with E-state index in [4.69, 9.17) is 5.41 Å². The summed E-state index contributed by atoms with van der Waals surface area (Å²) in [5.41, 5.74) is -0.0948. The van der Waals surface area contributed by atoms with E-state index >= 15 is 0 Å². The lowest BCUT2D eigenvalue weighted by molar-refractivity contribution is -0.145. The van der Waals surface area contributed by atoms with Gasteiger partial charge in [0.15, 0.2) is 0 Å². The molecule has 1 saturated heterocycles. The van der Waals surface area contributed by atoms with Crippen LogP contribution in [0.1, 0.15) is 30.2 Å². The van der Waals surface area contributed by atoms with Crippen LogP contribution in [-0.2, 0) is 11.0 Å². The van der Waals surface area contributed by atoms with Crippen molar-refractivity contribution in [2.24, 2.45) is 5.92 Å². The second-order valence-corrected chi connectivity index (χ2v) is 8.79. The molecule has 0 aliphatic carbocycles. The minimum Gasteiger partial charge on any atom is -0.393 e. The number of likely N-dealkylation sites (tertiary alicyclic amines) is 1. The first-order chi connectivity index (χ1) is 16.8. The normalized spacial score (nSPS) is 20.1. The highest BCUT2D eigenvalue weighted by Gasteiger charge is 2.46. The molecule has 36 heavy (non-hydrogen) atoms. The van der Waals surface area contributed by atoms with Gasteiger partial charge in [0, 0.05) is 44.2 Å². The van der Waals surface area contributed by atoms with Gasteiger partial charge in [0.25, 0.3) is 11.8 Å². The molecule has 1 amide bonds. The average molecular weight is 511 g/mol. The molecule has 1 unspecified atom stereocenters. The summed E-state index contributed by atoms with van der Waals surface area (Å²) in [6.07, 6.45) is -1.37. The fraction of sp³-hybridized carbons (Fsp3) is 0.417. The van der Waals surface area contributed by atoms with Crippen molar-refractivity contribution in [1.82, 2.24) is 20.2 Å². The molecule has 0 saturated carbocycles. The van der Waals surface area contributed by atoms with Crippen molar-refractivity contribution in [3.63, 3.8) is 0 Å². The highest BCUT2D eigenvalue weighted by molar-refractivity contribution is 6.54. The zero-order valence-electron chi connectivity index (χ0n) is 20.0. The van der Waals surface area contributed by atoms with E-state index in [2.05, 4.69) is 20.6 Å². The number of nitrogens with one attached hydrogen (secondary N) is 3. The second kappa shape index (κ2) is 10.6. The lowest BCUT2D eigenvalue weighted by atomic mass is 9.87. The Morgan fingerprint density at radius 1 is 1.22 bits per heavy atom. The molecule has 0 radical (unpaired) electrons. The standard InChI is InChI=1S/C24H27F5N6O/c1-14-4-6-18(32-9-14)17(11-31-3)21(30)22(36)35-13-23(25,26)8-15(2)19(35)12-34-20-7-5-16(10-33-20)24(27,28)29/h4-7,9-11,15,19,30-31H,8,12-13H2,1-3H3,(H,33,34)/b17-11-,30-21?/t15-,19?/m1/s1. The molecule has 3 N–H and O–H groups in total. The summed E-state index contributed by atoms with van der Waals surface area (Å²) in [5, 5.41) is 14.1. The second-order valence-electron chi connectivity index (χ2n) is 8.79. The summed E-state index contributed by atoms with van der Waals surface area (Å²) >= 11 is 0. The molecule has 194 valence electrons. The van der Waals surface area contributed by atoms with Crippen molar-refractivity contribution in [3.05, 3.63) is 59.7 Å². The molecule has 3 heterocycles. The van der Waals surface area contributed by atoms with E-state index in [0.29, 0.717) is 11.9 Å². The number of piperidine rings is 1. The van der Waals surface area contributed by atoms with Gasteiger partial charge in [-0.2, -0.15) is 13.2 Å². The molecule has 0 aromatic carbocycles. The van der Waals surface area contributed by atoms with E-state index in [1.54, 1.807) is 32.3 Å². The van der Waals surface area contributed by atoms with Crippen molar-refractivity contribution in [2.75, 3.05) is 25.5 Å². The lowest BCUT2D eigenvalue weighted by Crippen LogP contribution is -2.58. The molecule has 3 rings (SSSR count). The van der Waals surface area contributed by atoms with Crippen molar-refractivity contribution < 1.29 is 26.7 Å². The number of alkyl halides is 5. The fourth-order valence-corrected chi connectivity index (χ4v) is 4.06. The topological polar surface area (TPSA) is 94.0 Å². The van der Waals surface area contributed by atoms with Crippen LogP contribution < -0.4 is 10.6 Å². The van der Waals surface area contributed by atoms with Crippen LogP contribution in [-0.4, -0.2) is 58.6 Å². The number of nitrogens with zero attached hydrogens (tertiary/aromatic N) is 3. The maximum Gasteiger partial charge on any atom is 0.417 e. The molecule has 0 spiro atoms. The molecule has 1 aliphatic rings. The van der Waals surface area contributed by atoms with Gasteiger partial charge in [0.05, 0.1) is 23.8 Å². The number of aromatic nitrogens is 2. The van der Waals surface area contributed by atoms with Crippen LogP contribution in [0.3, 0.4) is 0 Å². The Kier molecular flexibility index (Phi) is 7.95. The average Bonchev–Trinajstić information content (AvgIpc) is 2.80. The number of hydrogen-bond donors (Lipinski definition) is 3. The number of amides is 1. The summed E-state index contributed by atoms with van der Waals surface area (Å²) in [6, 6.07) is 4.61. The summed E-state index contributed by atoms with van der Waals surface area (Å²) in [5.74, 6) is -4.62. The number of aryl methyl sites for hydroxylation is 1. The highest BCUT2D eigenvalue weighted by Crippen LogP contribution is 2.35. The van der Waals surface area contributed by atoms with Gasteiger partial charge in [0.1, 0.15) is 11.5 Å². The summed E-state index contributed by atoms with van der Waals surface area (Å²) < 4.78 is 67.4. The molecule has 7 nitrogen and oxygen atoms in total. The van der Waals surface area contributed by atoms with Crippen LogP contribution in [0.5, 0.6) is 0 Å². The van der Waals surface area contributed by atoms with Crippen LogP contribution in [0, 0.1) is 18.3 Å². The van der Waals surface area contributed by atoms with Crippen LogP contribution in [0.2, 0.25) is 0 Å². The van der Waals surface area contributed by atoms with Gasteiger partial charge in [-0.1, -0.05) is 13.0 Å². The first-order valence-corrected chi connectivity index (χ1v) is 11.2. The number of hydrogen-bond acceptors (Lipinski definition) is 6. The highest BCUT2D eigenvalue weighted by atomic mass is 19.4. The van der Waals surface area contributed by atoms with E-state index in [-0.39, 0.29) is 17.9 Å². The summed E-state index contributed by atoms with van der Waals surface area (Å²) in [7, 11) is 1.58. The van der Waals surface area contributed by atoms with Gasteiger partial charge >= 0.3 is 6.18 Å². The zero-order chi connectivity index (χ0) is 26.7. The third kappa shape index (κ3) is 6.35. The van der Waals surface area contributed by atoms with Gasteiger partial charge in [-0.3, -0.25) is 15.2 Å². The maximum atomic E-state index is 14.5. The Morgan fingerprint density at radius 2 is 1.94 bits per heavy atom. The van der Waals surface area contributed by atoms with E-state index in [1.165, 1.54) is 6.20 Å². The Balaban J connectivity index is 1.84. The molecular formula is C24H27F5N6O. The summed E-state index contributed by atoms with van der Waals surface area (Å²) in [6.45, 7) is 2.46. The minimum atomic E-state index is -4.54. The SMILES string of the molecule is CN/C=C(\C(=N)C(=O)N1CC(F)(F)C[C@@H](C)C1CNc1ccc(C(F)(F)F)cn1)c1ccc(C)cn1. The molecule has 2 atom stereocenters. The van der Waals surface area contributed by atoms with Gasteiger partial charge < -0.3 is 15.5 Å². The predicted molar refractivity (Wildman–Crippen MR) is 126 cm³/mol. The lowest BCUT2D eigenvalue weighted by Gasteiger charge is -2.43. The van der Waals surface area contributed by atoms with Crippen molar-refractivity contribution in [2.45, 2.75) is 38.4 Å². The maximum absolute atomic E-state index is 14.5. The van der Waals surface area contributed by atoms with Gasteiger partial charge in [-0.25, -0.2) is 13.8 Å². The molecule has 2 aromatic rings. The number of anilines is 1. The Hall–Kier alpha value is -3.57. The zero-order valence-corrected chi connectivity index (χ0v) is 20.0.